The molecule has 2 fully saturated rings. The number of hydrogen-bond acceptors (Lipinski definition) is 3. The fourth-order valence-electron chi connectivity index (χ4n) is 4.25. The zero-order chi connectivity index (χ0) is 17.6. The number of amides is 2. The van der Waals surface area contributed by atoms with Crippen LogP contribution in [0, 0.1) is 11.3 Å². The van der Waals surface area contributed by atoms with Crippen LogP contribution in [-0.2, 0) is 9.59 Å². The van der Waals surface area contributed by atoms with Gasteiger partial charge in [0.1, 0.15) is 0 Å². The number of nitrogens with one attached hydrogen (secondary N) is 1. The highest BCUT2D eigenvalue weighted by Gasteiger charge is 2.38. The summed E-state index contributed by atoms with van der Waals surface area (Å²) in [6.45, 7) is 5.97. The molecule has 1 aliphatic carbocycles. The first-order valence-corrected chi connectivity index (χ1v) is 9.83. The molecule has 2 aliphatic rings. The average Bonchev–Trinajstić information content (AvgIpc) is 3.10. The number of nitrogens with two attached hydrogens (primary N) is 1. The summed E-state index contributed by atoms with van der Waals surface area (Å²) < 4.78 is 0. The van der Waals surface area contributed by atoms with Crippen molar-refractivity contribution in [2.24, 2.45) is 17.1 Å². The van der Waals surface area contributed by atoms with Crippen molar-refractivity contribution >= 4 is 24.2 Å². The normalized spacial score (nSPS) is 19.6. The molecule has 0 aromatic carbocycles. The number of hydrogen-bond donors (Lipinski definition) is 2. The van der Waals surface area contributed by atoms with Crippen LogP contribution in [0.25, 0.3) is 0 Å². The number of carbonyl (C=O) groups excluding carboxylic acids is 2. The van der Waals surface area contributed by atoms with Crippen LogP contribution in [-0.4, -0.2) is 42.4 Å². The molecule has 0 unspecified atom stereocenters. The largest absolute Gasteiger partial charge is 0.353 e. The smallest absolute Gasteiger partial charge is 0.230 e. The molecule has 2 rings (SSSR count). The summed E-state index contributed by atoms with van der Waals surface area (Å²) in [4.78, 5) is 27.0. The van der Waals surface area contributed by atoms with E-state index in [1.807, 2.05) is 18.7 Å². The molecule has 2 amide bonds. The summed E-state index contributed by atoms with van der Waals surface area (Å²) in [5.74, 6) is 0.988. The Bertz CT molecular complexity index is 418. The monoisotopic (exact) mass is 373 g/mol. The summed E-state index contributed by atoms with van der Waals surface area (Å²) >= 11 is 0. The van der Waals surface area contributed by atoms with Gasteiger partial charge in [0, 0.05) is 32.1 Å². The quantitative estimate of drug-likeness (QED) is 0.720. The van der Waals surface area contributed by atoms with E-state index in [0.717, 1.165) is 38.8 Å². The van der Waals surface area contributed by atoms with Crippen LogP contribution in [0.15, 0.2) is 0 Å². The lowest BCUT2D eigenvalue weighted by atomic mass is 9.80. The van der Waals surface area contributed by atoms with Crippen LogP contribution in [0.1, 0.15) is 71.6 Å². The topological polar surface area (TPSA) is 75.4 Å². The van der Waals surface area contributed by atoms with Crippen molar-refractivity contribution in [3.05, 3.63) is 0 Å². The van der Waals surface area contributed by atoms with Gasteiger partial charge in [-0.25, -0.2) is 0 Å². The lowest BCUT2D eigenvalue weighted by molar-refractivity contribution is -0.143. The third kappa shape index (κ3) is 5.58. The summed E-state index contributed by atoms with van der Waals surface area (Å²) in [5, 5.41) is 3.18. The van der Waals surface area contributed by atoms with Gasteiger partial charge in [-0.2, -0.15) is 0 Å². The Morgan fingerprint density at radius 3 is 2.12 bits per heavy atom. The van der Waals surface area contributed by atoms with Gasteiger partial charge in [0.25, 0.3) is 0 Å². The maximum absolute atomic E-state index is 12.8. The standard InChI is InChI=1S/C19H35N3O2.ClH/c1-3-19(4-2,14-20)18(24)22-11-9-16(10-12-22)21-17(23)13-15-7-5-6-8-15;/h15-16H,3-14,20H2,1-2H3,(H,21,23);1H. The molecular weight excluding hydrogens is 338 g/mol. The Balaban J connectivity index is 0.00000312. The molecule has 1 aliphatic heterocycles. The summed E-state index contributed by atoms with van der Waals surface area (Å²) in [5.41, 5.74) is 5.50. The molecular formula is C19H36ClN3O2. The number of nitrogens with zero attached hydrogens (tertiary/aromatic N) is 1. The molecule has 0 spiro atoms. The SMILES string of the molecule is CCC(CC)(CN)C(=O)N1CCC(NC(=O)CC2CCCC2)CC1.Cl. The van der Waals surface area contributed by atoms with E-state index in [-0.39, 0.29) is 30.3 Å². The molecule has 0 aromatic heterocycles. The second kappa shape index (κ2) is 10.4. The molecule has 146 valence electrons. The molecule has 1 saturated heterocycles. The third-order valence-electron chi connectivity index (χ3n) is 6.29. The Labute approximate surface area is 158 Å². The van der Waals surface area contributed by atoms with Gasteiger partial charge >= 0.3 is 0 Å². The molecule has 0 radical (unpaired) electrons. The predicted octanol–water partition coefficient (Wildman–Crippen LogP) is 2.86. The van der Waals surface area contributed by atoms with Crippen molar-refractivity contribution in [2.45, 2.75) is 77.7 Å². The van der Waals surface area contributed by atoms with Crippen LogP contribution in [0.5, 0.6) is 0 Å². The highest BCUT2D eigenvalue weighted by Crippen LogP contribution is 2.30. The van der Waals surface area contributed by atoms with Crippen LogP contribution in [0.4, 0.5) is 0 Å². The van der Waals surface area contributed by atoms with E-state index in [1.54, 1.807) is 0 Å². The number of carbonyl (C=O) groups is 2. The molecule has 1 heterocycles. The van der Waals surface area contributed by atoms with Gasteiger partial charge in [-0.15, -0.1) is 12.4 Å². The first-order chi connectivity index (χ1) is 11.5. The third-order valence-corrected chi connectivity index (χ3v) is 6.29. The van der Waals surface area contributed by atoms with Gasteiger partial charge in [-0.05, 0) is 44.4 Å². The van der Waals surface area contributed by atoms with Crippen LogP contribution in [0.2, 0.25) is 0 Å². The van der Waals surface area contributed by atoms with Crippen molar-refractivity contribution in [1.29, 1.82) is 0 Å². The molecule has 3 N–H and O–H groups in total. The van der Waals surface area contributed by atoms with E-state index in [0.29, 0.717) is 18.9 Å². The average molecular weight is 374 g/mol. The fourth-order valence-corrected chi connectivity index (χ4v) is 4.25. The van der Waals surface area contributed by atoms with Crippen molar-refractivity contribution in [2.75, 3.05) is 19.6 Å². The van der Waals surface area contributed by atoms with Gasteiger partial charge in [-0.3, -0.25) is 9.59 Å². The Morgan fingerprint density at radius 2 is 1.64 bits per heavy atom. The molecule has 6 heteroatoms. The van der Waals surface area contributed by atoms with Gasteiger partial charge < -0.3 is 16.0 Å². The zero-order valence-corrected chi connectivity index (χ0v) is 16.7. The minimum absolute atomic E-state index is 0. The highest BCUT2D eigenvalue weighted by atomic mass is 35.5. The van der Waals surface area contributed by atoms with E-state index < -0.39 is 5.41 Å². The molecule has 5 nitrogen and oxygen atoms in total. The fraction of sp³-hybridized carbons (Fsp3) is 0.895. The van der Waals surface area contributed by atoms with Crippen molar-refractivity contribution in [3.8, 4) is 0 Å². The number of halogens is 1. The van der Waals surface area contributed by atoms with Crippen molar-refractivity contribution in [1.82, 2.24) is 10.2 Å². The summed E-state index contributed by atoms with van der Waals surface area (Å²) in [6.07, 6.45) is 8.93. The van der Waals surface area contributed by atoms with Crippen LogP contribution >= 0.6 is 12.4 Å². The van der Waals surface area contributed by atoms with Crippen LogP contribution < -0.4 is 11.1 Å². The number of rotatable bonds is 7. The predicted molar refractivity (Wildman–Crippen MR) is 104 cm³/mol. The van der Waals surface area contributed by atoms with Crippen molar-refractivity contribution in [3.63, 3.8) is 0 Å². The van der Waals surface area contributed by atoms with E-state index in [4.69, 9.17) is 5.73 Å². The lowest BCUT2D eigenvalue weighted by Gasteiger charge is -2.39. The molecule has 25 heavy (non-hydrogen) atoms. The van der Waals surface area contributed by atoms with Gasteiger partial charge in [0.15, 0.2) is 0 Å². The Morgan fingerprint density at radius 1 is 1.08 bits per heavy atom. The maximum Gasteiger partial charge on any atom is 0.230 e. The molecule has 0 bridgehead atoms. The van der Waals surface area contributed by atoms with Crippen molar-refractivity contribution < 1.29 is 9.59 Å². The van der Waals surface area contributed by atoms with E-state index in [1.165, 1.54) is 25.7 Å². The number of likely N-dealkylation sites (tertiary alicyclic amines) is 1. The number of piperidine rings is 1. The van der Waals surface area contributed by atoms with E-state index >= 15 is 0 Å². The van der Waals surface area contributed by atoms with Gasteiger partial charge in [-0.1, -0.05) is 26.7 Å². The second-order valence-electron chi connectivity index (χ2n) is 7.68. The van der Waals surface area contributed by atoms with Gasteiger partial charge in [0.2, 0.25) is 11.8 Å². The molecule has 0 atom stereocenters. The maximum atomic E-state index is 12.8. The first kappa shape index (κ1) is 22.2. The van der Waals surface area contributed by atoms with Crippen LogP contribution in [0.3, 0.4) is 0 Å². The second-order valence-corrected chi connectivity index (χ2v) is 7.68. The molecule has 1 saturated carbocycles. The summed E-state index contributed by atoms with van der Waals surface area (Å²) in [7, 11) is 0. The highest BCUT2D eigenvalue weighted by molar-refractivity contribution is 5.85. The summed E-state index contributed by atoms with van der Waals surface area (Å²) in [6, 6.07) is 0.221. The Hall–Kier alpha value is -0.810. The molecule has 0 aromatic rings. The van der Waals surface area contributed by atoms with E-state index in [9.17, 15) is 9.59 Å². The first-order valence-electron chi connectivity index (χ1n) is 9.83. The Kier molecular flexibility index (Phi) is 9.22. The lowest BCUT2D eigenvalue weighted by Crippen LogP contribution is -2.52. The van der Waals surface area contributed by atoms with E-state index in [2.05, 4.69) is 5.32 Å². The zero-order valence-electron chi connectivity index (χ0n) is 15.9. The minimum Gasteiger partial charge on any atom is -0.353 e. The van der Waals surface area contributed by atoms with Gasteiger partial charge in [0.05, 0.1) is 5.41 Å². The minimum atomic E-state index is -0.404.